The number of hydrogen-bond donors (Lipinski definition) is 0. The molecule has 1 aromatic heterocycles. The van der Waals surface area contributed by atoms with Gasteiger partial charge in [-0.2, -0.15) is 0 Å². The lowest BCUT2D eigenvalue weighted by atomic mass is 10.1. The highest BCUT2D eigenvalue weighted by molar-refractivity contribution is 9.08. The van der Waals surface area contributed by atoms with Gasteiger partial charge in [-0.25, -0.2) is 0 Å². The predicted molar refractivity (Wildman–Crippen MR) is 85.6 cm³/mol. The zero-order chi connectivity index (χ0) is 13.9. The molecule has 0 saturated carbocycles. The number of alkyl halides is 1. The molecule has 3 aromatic rings. The van der Waals surface area contributed by atoms with Crippen LogP contribution in [0.3, 0.4) is 0 Å². The van der Waals surface area contributed by atoms with Gasteiger partial charge in [0.15, 0.2) is 0 Å². The first-order chi connectivity index (χ1) is 9.78. The fourth-order valence-corrected chi connectivity index (χ4v) is 2.54. The molecule has 0 atom stereocenters. The van der Waals surface area contributed by atoms with Gasteiger partial charge in [-0.05, 0) is 48.4 Å². The summed E-state index contributed by atoms with van der Waals surface area (Å²) in [5.41, 5.74) is 3.32. The summed E-state index contributed by atoms with van der Waals surface area (Å²) in [4.78, 5) is 4.35. The molecule has 0 aliphatic rings. The lowest BCUT2D eigenvalue weighted by Gasteiger charge is -2.11. The summed E-state index contributed by atoms with van der Waals surface area (Å²) in [5, 5.41) is 1.88. The molecule has 1 heterocycles. The van der Waals surface area contributed by atoms with E-state index in [0.29, 0.717) is 0 Å². The minimum atomic E-state index is 0.838. The molecule has 0 N–H and O–H groups in total. The van der Waals surface area contributed by atoms with Crippen molar-refractivity contribution in [2.24, 2.45) is 0 Å². The van der Waals surface area contributed by atoms with E-state index in [9.17, 15) is 0 Å². The summed E-state index contributed by atoms with van der Waals surface area (Å²) < 4.78 is 6.07. The first kappa shape index (κ1) is 13.1. The molecule has 3 rings (SSSR count). The van der Waals surface area contributed by atoms with Crippen LogP contribution in [0.15, 0.2) is 54.7 Å². The second-order valence-corrected chi connectivity index (χ2v) is 5.22. The third-order valence-corrected chi connectivity index (χ3v) is 3.87. The van der Waals surface area contributed by atoms with Crippen LogP contribution < -0.4 is 4.74 Å². The van der Waals surface area contributed by atoms with Crippen LogP contribution in [-0.2, 0) is 5.33 Å². The SMILES string of the molecule is Cc1cc(CBr)ccc1Oc1cccc2ncccc12. The van der Waals surface area contributed by atoms with Gasteiger partial charge in [-0.3, -0.25) is 4.98 Å². The summed E-state index contributed by atoms with van der Waals surface area (Å²) >= 11 is 3.47. The first-order valence-electron chi connectivity index (χ1n) is 6.45. The smallest absolute Gasteiger partial charge is 0.136 e. The second kappa shape index (κ2) is 5.63. The third kappa shape index (κ3) is 2.54. The molecule has 0 fully saturated rings. The Kier molecular flexibility index (Phi) is 3.70. The fraction of sp³-hybridized carbons (Fsp3) is 0.118. The molecule has 100 valence electrons. The number of aromatic nitrogens is 1. The molecule has 0 amide bonds. The molecular weight excluding hydrogens is 314 g/mol. The lowest BCUT2D eigenvalue weighted by Crippen LogP contribution is -1.90. The molecule has 0 saturated heterocycles. The van der Waals surface area contributed by atoms with Gasteiger partial charge in [0.1, 0.15) is 11.5 Å². The number of nitrogens with zero attached hydrogens (tertiary/aromatic N) is 1. The number of halogens is 1. The summed E-state index contributed by atoms with van der Waals surface area (Å²) in [7, 11) is 0. The fourth-order valence-electron chi connectivity index (χ4n) is 2.19. The van der Waals surface area contributed by atoms with E-state index in [-0.39, 0.29) is 0 Å². The number of rotatable bonds is 3. The molecule has 2 nitrogen and oxygen atoms in total. The molecule has 20 heavy (non-hydrogen) atoms. The van der Waals surface area contributed by atoms with Crippen molar-refractivity contribution in [3.8, 4) is 11.5 Å². The van der Waals surface area contributed by atoms with Gasteiger partial charge < -0.3 is 4.74 Å². The van der Waals surface area contributed by atoms with Crippen LogP contribution in [0, 0.1) is 6.92 Å². The minimum absolute atomic E-state index is 0.838. The first-order valence-corrected chi connectivity index (χ1v) is 7.57. The van der Waals surface area contributed by atoms with Crippen LogP contribution >= 0.6 is 15.9 Å². The van der Waals surface area contributed by atoms with Gasteiger partial charge in [0.2, 0.25) is 0 Å². The number of fused-ring (bicyclic) bond motifs is 1. The van der Waals surface area contributed by atoms with Crippen molar-refractivity contribution in [3.05, 3.63) is 65.9 Å². The van der Waals surface area contributed by atoms with Crippen LogP contribution in [0.4, 0.5) is 0 Å². The van der Waals surface area contributed by atoms with Crippen molar-refractivity contribution in [2.45, 2.75) is 12.3 Å². The van der Waals surface area contributed by atoms with Crippen LogP contribution in [-0.4, -0.2) is 4.98 Å². The maximum atomic E-state index is 6.07. The van der Waals surface area contributed by atoms with Gasteiger partial charge in [-0.15, -0.1) is 0 Å². The van der Waals surface area contributed by atoms with Gasteiger partial charge in [0.05, 0.1) is 5.52 Å². The Morgan fingerprint density at radius 1 is 1.05 bits per heavy atom. The quantitative estimate of drug-likeness (QED) is 0.614. The van der Waals surface area contributed by atoms with Crippen LogP contribution in [0.25, 0.3) is 10.9 Å². The number of benzene rings is 2. The van der Waals surface area contributed by atoms with Crippen molar-refractivity contribution in [1.29, 1.82) is 0 Å². The molecule has 0 unspecified atom stereocenters. The van der Waals surface area contributed by atoms with E-state index in [1.54, 1.807) is 6.20 Å². The second-order valence-electron chi connectivity index (χ2n) is 4.66. The summed E-state index contributed by atoms with van der Waals surface area (Å²) in [5.74, 6) is 1.72. The normalized spacial score (nSPS) is 10.7. The Bertz CT molecular complexity index is 750. The Hall–Kier alpha value is -1.87. The highest BCUT2D eigenvalue weighted by Crippen LogP contribution is 2.31. The number of ether oxygens (including phenoxy) is 1. The van der Waals surface area contributed by atoms with Crippen molar-refractivity contribution < 1.29 is 4.74 Å². The topological polar surface area (TPSA) is 22.1 Å². The molecule has 0 aliphatic carbocycles. The molecule has 0 bridgehead atoms. The molecule has 0 spiro atoms. The van der Waals surface area contributed by atoms with Crippen LogP contribution in [0.2, 0.25) is 0 Å². The highest BCUT2D eigenvalue weighted by atomic mass is 79.9. The maximum absolute atomic E-state index is 6.07. The average Bonchev–Trinajstić information content (AvgIpc) is 2.49. The Labute approximate surface area is 126 Å². The van der Waals surface area contributed by atoms with Gasteiger partial charge in [0.25, 0.3) is 0 Å². The molecule has 0 aliphatic heterocycles. The van der Waals surface area contributed by atoms with E-state index in [0.717, 1.165) is 33.3 Å². The highest BCUT2D eigenvalue weighted by Gasteiger charge is 2.06. The van der Waals surface area contributed by atoms with Gasteiger partial charge >= 0.3 is 0 Å². The van der Waals surface area contributed by atoms with E-state index in [1.165, 1.54) is 5.56 Å². The minimum Gasteiger partial charge on any atom is -0.456 e. The predicted octanol–water partition coefficient (Wildman–Crippen LogP) is 5.23. The zero-order valence-corrected chi connectivity index (χ0v) is 12.7. The van der Waals surface area contributed by atoms with E-state index in [4.69, 9.17) is 4.74 Å². The van der Waals surface area contributed by atoms with Gasteiger partial charge in [-0.1, -0.05) is 34.1 Å². The van der Waals surface area contributed by atoms with Gasteiger partial charge in [0, 0.05) is 16.9 Å². The van der Waals surface area contributed by atoms with Crippen molar-refractivity contribution in [2.75, 3.05) is 0 Å². The largest absolute Gasteiger partial charge is 0.456 e. The van der Waals surface area contributed by atoms with E-state index in [1.807, 2.05) is 36.4 Å². The number of aryl methyl sites for hydroxylation is 1. The van der Waals surface area contributed by atoms with Crippen molar-refractivity contribution >= 4 is 26.8 Å². The standard InChI is InChI=1S/C17H14BrNO/c1-12-10-13(11-18)7-8-16(12)20-17-6-2-5-15-14(17)4-3-9-19-15/h2-10H,11H2,1H3. The number of pyridine rings is 1. The van der Waals surface area contributed by atoms with Crippen molar-refractivity contribution in [1.82, 2.24) is 4.98 Å². The zero-order valence-electron chi connectivity index (χ0n) is 11.1. The monoisotopic (exact) mass is 327 g/mol. The number of hydrogen-bond acceptors (Lipinski definition) is 2. The Balaban J connectivity index is 2.01. The summed E-state index contributed by atoms with van der Waals surface area (Å²) in [6, 6.07) is 16.1. The maximum Gasteiger partial charge on any atom is 0.136 e. The molecule has 2 aromatic carbocycles. The van der Waals surface area contributed by atoms with Crippen LogP contribution in [0.1, 0.15) is 11.1 Å². The molecular formula is C17H14BrNO. The Morgan fingerprint density at radius 2 is 1.95 bits per heavy atom. The van der Waals surface area contributed by atoms with E-state index in [2.05, 4.69) is 40.0 Å². The summed E-state index contributed by atoms with van der Waals surface area (Å²) in [6.45, 7) is 2.06. The molecule has 3 heteroatoms. The Morgan fingerprint density at radius 3 is 2.75 bits per heavy atom. The average molecular weight is 328 g/mol. The van der Waals surface area contributed by atoms with E-state index < -0.39 is 0 Å². The third-order valence-electron chi connectivity index (χ3n) is 3.22. The van der Waals surface area contributed by atoms with Crippen molar-refractivity contribution in [3.63, 3.8) is 0 Å². The van der Waals surface area contributed by atoms with E-state index >= 15 is 0 Å². The summed E-state index contributed by atoms with van der Waals surface area (Å²) in [6.07, 6.45) is 1.79. The van der Waals surface area contributed by atoms with Crippen LogP contribution in [0.5, 0.6) is 11.5 Å². The molecule has 0 radical (unpaired) electrons. The lowest BCUT2D eigenvalue weighted by molar-refractivity contribution is 0.484.